The number of halogens is 1. The Morgan fingerprint density at radius 1 is 1.30 bits per heavy atom. The van der Waals surface area contributed by atoms with Crippen molar-refractivity contribution in [3.63, 3.8) is 0 Å². The number of hydrogen-bond acceptors (Lipinski definition) is 4. The Hall–Kier alpha value is -1.56. The lowest BCUT2D eigenvalue weighted by atomic mass is 10.2. The van der Waals surface area contributed by atoms with Crippen LogP contribution in [-0.4, -0.2) is 32.6 Å². The number of rotatable bonds is 6. The average molecular weight is 343 g/mol. The maximum Gasteiger partial charge on any atom is 0.306 e. The number of hydrogen-bond donors (Lipinski definition) is 1. The predicted molar refractivity (Wildman–Crippen MR) is 83.0 cm³/mol. The Morgan fingerprint density at radius 2 is 2.00 bits per heavy atom. The molecule has 0 atom stereocenters. The lowest BCUT2D eigenvalue weighted by molar-refractivity contribution is -0.144. The summed E-state index contributed by atoms with van der Waals surface area (Å²) in [6, 6.07) is 5.65. The van der Waals surface area contributed by atoms with Gasteiger partial charge in [-0.15, -0.1) is 0 Å². The molecule has 110 valence electrons. The van der Waals surface area contributed by atoms with Crippen molar-refractivity contribution >= 4 is 39.2 Å². The zero-order chi connectivity index (χ0) is 15.1. The minimum atomic E-state index is -0.357. The fourth-order valence-electron chi connectivity index (χ4n) is 1.66. The van der Waals surface area contributed by atoms with Gasteiger partial charge in [0.15, 0.2) is 0 Å². The van der Waals surface area contributed by atoms with Crippen molar-refractivity contribution in [1.82, 2.24) is 0 Å². The molecule has 1 N–H and O–H groups in total. The molecule has 5 nitrogen and oxygen atoms in total. The lowest BCUT2D eigenvalue weighted by Gasteiger charge is -2.18. The van der Waals surface area contributed by atoms with Crippen LogP contribution in [0.2, 0.25) is 0 Å². The summed E-state index contributed by atoms with van der Waals surface area (Å²) in [6.45, 7) is 2.07. The molecule has 0 bridgehead atoms. The summed E-state index contributed by atoms with van der Waals surface area (Å²) in [4.78, 5) is 25.0. The summed E-state index contributed by atoms with van der Waals surface area (Å²) in [5, 5.41) is 2.81. The molecule has 0 unspecified atom stereocenters. The fourth-order valence-corrected chi connectivity index (χ4v) is 2.02. The molecule has 1 amide bonds. The molecule has 0 aliphatic carbocycles. The first-order valence-electron chi connectivity index (χ1n) is 6.36. The first-order chi connectivity index (χ1) is 9.43. The Morgan fingerprint density at radius 3 is 2.60 bits per heavy atom. The highest BCUT2D eigenvalue weighted by atomic mass is 79.9. The van der Waals surface area contributed by atoms with Gasteiger partial charge >= 0.3 is 5.97 Å². The van der Waals surface area contributed by atoms with Crippen molar-refractivity contribution in [1.29, 1.82) is 0 Å². The molecular weight excluding hydrogens is 324 g/mol. The number of carbonyl (C=O) groups excluding carboxylic acids is 2. The molecule has 0 saturated heterocycles. The number of anilines is 2. The molecule has 0 aliphatic heterocycles. The molecule has 0 heterocycles. The van der Waals surface area contributed by atoms with Crippen LogP contribution in [-0.2, 0) is 14.3 Å². The van der Waals surface area contributed by atoms with Gasteiger partial charge in [0.1, 0.15) is 0 Å². The van der Waals surface area contributed by atoms with Crippen molar-refractivity contribution in [3.05, 3.63) is 22.7 Å². The minimum Gasteiger partial charge on any atom is -0.466 e. The van der Waals surface area contributed by atoms with Gasteiger partial charge in [-0.2, -0.15) is 0 Å². The third-order valence-corrected chi connectivity index (χ3v) is 3.07. The minimum absolute atomic E-state index is 0.0883. The van der Waals surface area contributed by atoms with Crippen LogP contribution in [0.3, 0.4) is 0 Å². The van der Waals surface area contributed by atoms with Crippen molar-refractivity contribution in [2.45, 2.75) is 19.8 Å². The third-order valence-electron chi connectivity index (χ3n) is 2.58. The van der Waals surface area contributed by atoms with E-state index in [4.69, 9.17) is 4.74 Å². The normalized spacial score (nSPS) is 10.0. The van der Waals surface area contributed by atoms with E-state index in [1.54, 1.807) is 6.92 Å². The van der Waals surface area contributed by atoms with Crippen LogP contribution in [0.4, 0.5) is 11.4 Å². The van der Waals surface area contributed by atoms with E-state index in [2.05, 4.69) is 21.2 Å². The Kier molecular flexibility index (Phi) is 6.51. The van der Waals surface area contributed by atoms with Crippen LogP contribution in [0, 0.1) is 0 Å². The smallest absolute Gasteiger partial charge is 0.306 e. The monoisotopic (exact) mass is 342 g/mol. The number of esters is 1. The highest BCUT2D eigenvalue weighted by Crippen LogP contribution is 2.28. The van der Waals surface area contributed by atoms with Crippen molar-refractivity contribution in [2.24, 2.45) is 0 Å². The topological polar surface area (TPSA) is 58.6 Å². The quantitative estimate of drug-likeness (QED) is 0.807. The van der Waals surface area contributed by atoms with E-state index < -0.39 is 0 Å². The van der Waals surface area contributed by atoms with E-state index in [1.165, 1.54) is 0 Å². The zero-order valence-electron chi connectivity index (χ0n) is 11.9. The Balaban J connectivity index is 2.66. The highest BCUT2D eigenvalue weighted by molar-refractivity contribution is 9.10. The number of carbonyl (C=O) groups is 2. The molecule has 6 heteroatoms. The molecular formula is C14H19BrN2O3. The Labute approximate surface area is 127 Å². The standard InChI is InChI=1S/C14H19BrN2O3/c1-4-20-14(19)8-7-13(18)16-11-9-10(15)5-6-12(11)17(2)3/h5-6,9H,4,7-8H2,1-3H3,(H,16,18). The van der Waals surface area contributed by atoms with Gasteiger partial charge in [0.25, 0.3) is 0 Å². The van der Waals surface area contributed by atoms with Gasteiger partial charge in [-0.1, -0.05) is 15.9 Å². The van der Waals surface area contributed by atoms with Gasteiger partial charge in [-0.25, -0.2) is 0 Å². The van der Waals surface area contributed by atoms with Crippen molar-refractivity contribution < 1.29 is 14.3 Å². The van der Waals surface area contributed by atoms with Gasteiger partial charge in [-0.3, -0.25) is 9.59 Å². The van der Waals surface area contributed by atoms with Crippen LogP contribution in [0.1, 0.15) is 19.8 Å². The van der Waals surface area contributed by atoms with Crippen LogP contribution in [0.15, 0.2) is 22.7 Å². The summed E-state index contributed by atoms with van der Waals surface area (Å²) in [6.07, 6.45) is 0.198. The third kappa shape index (κ3) is 5.21. The molecule has 1 rings (SSSR count). The number of nitrogens with zero attached hydrogens (tertiary/aromatic N) is 1. The number of benzene rings is 1. The summed E-state index contributed by atoms with van der Waals surface area (Å²) in [5.74, 6) is -0.566. The second-order valence-electron chi connectivity index (χ2n) is 4.41. The number of nitrogens with one attached hydrogen (secondary N) is 1. The van der Waals surface area contributed by atoms with Gasteiger partial charge in [0, 0.05) is 25.0 Å². The van der Waals surface area contributed by atoms with E-state index in [0.29, 0.717) is 12.3 Å². The SMILES string of the molecule is CCOC(=O)CCC(=O)Nc1cc(Br)ccc1N(C)C. The molecule has 0 aliphatic rings. The van der Waals surface area contributed by atoms with Gasteiger partial charge < -0.3 is 15.0 Å². The number of amides is 1. The molecule has 0 aromatic heterocycles. The first kappa shape index (κ1) is 16.5. The summed E-state index contributed by atoms with van der Waals surface area (Å²) in [7, 11) is 3.80. The molecule has 1 aromatic carbocycles. The summed E-state index contributed by atoms with van der Waals surface area (Å²) in [5.41, 5.74) is 1.61. The van der Waals surface area contributed by atoms with Crippen LogP contribution < -0.4 is 10.2 Å². The van der Waals surface area contributed by atoms with Crippen LogP contribution in [0.5, 0.6) is 0 Å². The molecule has 0 radical (unpaired) electrons. The van der Waals surface area contributed by atoms with E-state index in [-0.39, 0.29) is 24.7 Å². The fraction of sp³-hybridized carbons (Fsp3) is 0.429. The van der Waals surface area contributed by atoms with Crippen LogP contribution in [0.25, 0.3) is 0 Å². The molecule has 0 fully saturated rings. The molecule has 20 heavy (non-hydrogen) atoms. The van der Waals surface area contributed by atoms with E-state index in [1.807, 2.05) is 37.2 Å². The first-order valence-corrected chi connectivity index (χ1v) is 7.15. The second-order valence-corrected chi connectivity index (χ2v) is 5.32. The predicted octanol–water partition coefficient (Wildman–Crippen LogP) is 2.80. The van der Waals surface area contributed by atoms with Crippen molar-refractivity contribution in [2.75, 3.05) is 30.9 Å². The van der Waals surface area contributed by atoms with Gasteiger partial charge in [0.2, 0.25) is 5.91 Å². The van der Waals surface area contributed by atoms with E-state index >= 15 is 0 Å². The maximum atomic E-state index is 11.9. The molecule has 0 saturated carbocycles. The molecule has 0 spiro atoms. The zero-order valence-corrected chi connectivity index (χ0v) is 13.5. The van der Waals surface area contributed by atoms with Gasteiger partial charge in [-0.05, 0) is 25.1 Å². The maximum absolute atomic E-state index is 11.9. The summed E-state index contributed by atoms with van der Waals surface area (Å²) >= 11 is 3.37. The number of ether oxygens (including phenoxy) is 1. The second kappa shape index (κ2) is 7.89. The Bertz CT molecular complexity index is 489. The average Bonchev–Trinajstić information content (AvgIpc) is 2.36. The summed E-state index contributed by atoms with van der Waals surface area (Å²) < 4.78 is 5.67. The van der Waals surface area contributed by atoms with E-state index in [0.717, 1.165) is 10.2 Å². The van der Waals surface area contributed by atoms with Crippen LogP contribution >= 0.6 is 15.9 Å². The van der Waals surface area contributed by atoms with E-state index in [9.17, 15) is 9.59 Å². The van der Waals surface area contributed by atoms with Gasteiger partial charge in [0.05, 0.1) is 24.4 Å². The molecule has 1 aromatic rings. The lowest BCUT2D eigenvalue weighted by Crippen LogP contribution is -2.17. The highest BCUT2D eigenvalue weighted by Gasteiger charge is 2.11. The largest absolute Gasteiger partial charge is 0.466 e. The van der Waals surface area contributed by atoms with Crippen molar-refractivity contribution in [3.8, 4) is 0 Å².